The lowest BCUT2D eigenvalue weighted by Gasteiger charge is -2.36. The highest BCUT2D eigenvalue weighted by Crippen LogP contribution is 2.55. The first-order chi connectivity index (χ1) is 14.2. The van der Waals surface area contributed by atoms with E-state index in [1.54, 1.807) is 24.3 Å². The Morgan fingerprint density at radius 2 is 2.20 bits per heavy atom. The van der Waals surface area contributed by atoms with E-state index in [1.165, 1.54) is 0 Å². The molecular formula is C18H18FN2O8P. The van der Waals surface area contributed by atoms with Crippen molar-refractivity contribution in [1.82, 2.24) is 10.2 Å². The molecule has 3 aliphatic rings. The number of hydrogen-bond acceptors (Lipinski definition) is 9. The van der Waals surface area contributed by atoms with E-state index >= 15 is 4.39 Å². The second-order valence-corrected chi connectivity index (χ2v) is 8.43. The number of carbonyl (C=O) groups excluding carboxylic acids is 1. The molecule has 1 aromatic carbocycles. The molecule has 0 aromatic heterocycles. The maximum atomic E-state index is 15.2. The van der Waals surface area contributed by atoms with Crippen LogP contribution in [0.5, 0.6) is 5.75 Å². The van der Waals surface area contributed by atoms with Crippen molar-refractivity contribution >= 4 is 13.7 Å². The molecule has 5 atom stereocenters. The maximum Gasteiger partial charge on any atom is 0.530 e. The minimum absolute atomic E-state index is 0.0435. The molecule has 3 aliphatic heterocycles. The molecule has 1 fully saturated rings. The van der Waals surface area contributed by atoms with E-state index in [0.717, 1.165) is 11.1 Å². The number of nitrogens with one attached hydrogen (secondary N) is 1. The van der Waals surface area contributed by atoms with E-state index in [1.807, 2.05) is 0 Å². The molecule has 160 valence electrons. The van der Waals surface area contributed by atoms with E-state index in [-0.39, 0.29) is 12.2 Å². The Hall–Kier alpha value is -2.45. The average molecular weight is 440 g/mol. The van der Waals surface area contributed by atoms with Gasteiger partial charge in [0.05, 0.1) is 6.61 Å². The van der Waals surface area contributed by atoms with Crippen molar-refractivity contribution in [2.75, 3.05) is 6.61 Å². The SMILES string of the molecule is C#CC1=CN([C@@H]2O[C@](F)(COP3(=O)OCc4ccccc4O3)C[C@H]2O)C(O)NC1=O. The normalized spacial score (nSPS) is 35.7. The summed E-state index contributed by atoms with van der Waals surface area (Å²) >= 11 is 0. The highest BCUT2D eigenvalue weighted by molar-refractivity contribution is 7.49. The number of nitrogens with zero attached hydrogens (tertiary/aromatic N) is 1. The number of ether oxygens (including phenoxy) is 1. The fourth-order valence-electron chi connectivity index (χ4n) is 3.22. The lowest BCUT2D eigenvalue weighted by atomic mass is 10.1. The van der Waals surface area contributed by atoms with Gasteiger partial charge in [-0.1, -0.05) is 24.1 Å². The number of aliphatic hydroxyl groups is 2. The highest BCUT2D eigenvalue weighted by atomic mass is 31.2. The number of fused-ring (bicyclic) bond motifs is 1. The number of carbonyl (C=O) groups is 1. The van der Waals surface area contributed by atoms with Crippen LogP contribution in [0, 0.1) is 12.3 Å². The summed E-state index contributed by atoms with van der Waals surface area (Å²) in [6.45, 7) is -0.916. The summed E-state index contributed by atoms with van der Waals surface area (Å²) in [5.41, 5.74) is 0.517. The van der Waals surface area contributed by atoms with Crippen molar-refractivity contribution in [2.24, 2.45) is 0 Å². The van der Waals surface area contributed by atoms with Crippen LogP contribution in [-0.4, -0.2) is 52.2 Å². The van der Waals surface area contributed by atoms with Gasteiger partial charge in [0.2, 0.25) is 12.2 Å². The minimum atomic E-state index is -4.11. The molecule has 0 radical (unpaired) electrons. The Morgan fingerprint density at radius 3 is 2.97 bits per heavy atom. The standard InChI is InChI=1S/C18H18FN2O8P/c1-2-11-8-21(17(24)20-15(11)23)16-13(22)7-18(19,28-16)10-27-30(25)26-9-12-5-3-4-6-14(12)29-30/h1,3-6,8,13,16-17,22,24H,7,9-10H2,(H,20,23)/t13-,16-,17?,18+,30?/m1/s1. The van der Waals surface area contributed by atoms with E-state index in [2.05, 4.69) is 11.2 Å². The minimum Gasteiger partial charge on any atom is -0.404 e. The number of alkyl halides is 1. The van der Waals surface area contributed by atoms with Crippen molar-refractivity contribution in [3.63, 3.8) is 0 Å². The Kier molecular flexibility index (Phi) is 5.32. The van der Waals surface area contributed by atoms with Crippen molar-refractivity contribution in [3.05, 3.63) is 41.6 Å². The van der Waals surface area contributed by atoms with Crippen LogP contribution in [0.15, 0.2) is 36.0 Å². The van der Waals surface area contributed by atoms with Crippen molar-refractivity contribution in [1.29, 1.82) is 0 Å². The third-order valence-electron chi connectivity index (χ3n) is 4.69. The number of halogens is 1. The fourth-order valence-corrected chi connectivity index (χ4v) is 4.47. The summed E-state index contributed by atoms with van der Waals surface area (Å²) in [5, 5.41) is 22.4. The summed E-state index contributed by atoms with van der Waals surface area (Å²) in [7, 11) is -4.11. The van der Waals surface area contributed by atoms with Gasteiger partial charge in [0.1, 0.15) is 24.0 Å². The Labute approximate surface area is 170 Å². The quantitative estimate of drug-likeness (QED) is 0.459. The van der Waals surface area contributed by atoms with Crippen molar-refractivity contribution < 1.29 is 42.3 Å². The zero-order chi connectivity index (χ0) is 21.5. The first-order valence-corrected chi connectivity index (χ1v) is 10.3. The Bertz CT molecular complexity index is 981. The zero-order valence-corrected chi connectivity index (χ0v) is 16.3. The largest absolute Gasteiger partial charge is 0.530 e. The molecule has 3 heterocycles. The van der Waals surface area contributed by atoms with Crippen LogP contribution in [-0.2, 0) is 29.8 Å². The molecule has 0 saturated carbocycles. The number of benzene rings is 1. The number of hydrogen-bond donors (Lipinski definition) is 3. The van der Waals surface area contributed by atoms with E-state index in [4.69, 9.17) is 24.7 Å². The van der Waals surface area contributed by atoms with Gasteiger partial charge in [-0.2, -0.15) is 0 Å². The van der Waals surface area contributed by atoms with E-state index in [0.29, 0.717) is 11.3 Å². The van der Waals surface area contributed by atoms with Gasteiger partial charge in [0.15, 0.2) is 6.23 Å². The molecular weight excluding hydrogens is 422 g/mol. The first-order valence-electron chi connectivity index (χ1n) is 8.88. The predicted octanol–water partition coefficient (Wildman–Crippen LogP) is 0.718. The first kappa shape index (κ1) is 20.8. The fraction of sp³-hybridized carbons (Fsp3) is 0.389. The van der Waals surface area contributed by atoms with Crippen LogP contribution < -0.4 is 9.84 Å². The zero-order valence-electron chi connectivity index (χ0n) is 15.4. The monoisotopic (exact) mass is 440 g/mol. The molecule has 0 spiro atoms. The lowest BCUT2D eigenvalue weighted by Crippen LogP contribution is -2.56. The van der Waals surface area contributed by atoms with Gasteiger partial charge < -0.3 is 29.7 Å². The molecule has 1 amide bonds. The van der Waals surface area contributed by atoms with Crippen LogP contribution in [0.25, 0.3) is 0 Å². The lowest BCUT2D eigenvalue weighted by molar-refractivity contribution is -0.211. The second kappa shape index (κ2) is 7.67. The third-order valence-corrected chi connectivity index (χ3v) is 6.00. The molecule has 1 aromatic rings. The molecule has 2 unspecified atom stereocenters. The summed E-state index contributed by atoms with van der Waals surface area (Å²) in [6, 6.07) is 6.72. The molecule has 1 saturated heterocycles. The number of para-hydroxylation sites is 1. The van der Waals surface area contributed by atoms with Crippen LogP contribution in [0.4, 0.5) is 4.39 Å². The Balaban J connectivity index is 1.44. The Morgan fingerprint density at radius 1 is 1.43 bits per heavy atom. The number of phosphoric ester groups is 1. The van der Waals surface area contributed by atoms with Crippen molar-refractivity contribution in [3.8, 4) is 18.1 Å². The second-order valence-electron chi connectivity index (χ2n) is 6.84. The van der Waals surface area contributed by atoms with Gasteiger partial charge >= 0.3 is 7.82 Å². The van der Waals surface area contributed by atoms with Crippen LogP contribution in [0.1, 0.15) is 12.0 Å². The summed E-state index contributed by atoms with van der Waals surface area (Å²) in [4.78, 5) is 12.6. The third kappa shape index (κ3) is 3.94. The number of terminal acetylenes is 1. The summed E-state index contributed by atoms with van der Waals surface area (Å²) in [5.74, 6) is -0.862. The van der Waals surface area contributed by atoms with E-state index < -0.39 is 51.3 Å². The highest BCUT2D eigenvalue weighted by Gasteiger charge is 2.52. The summed E-state index contributed by atoms with van der Waals surface area (Å²) < 4.78 is 48.5. The van der Waals surface area contributed by atoms with Gasteiger partial charge in [-0.3, -0.25) is 13.8 Å². The van der Waals surface area contributed by atoms with Gasteiger partial charge in [-0.05, 0) is 6.07 Å². The molecule has 12 heteroatoms. The molecule has 10 nitrogen and oxygen atoms in total. The number of rotatable bonds is 4. The van der Waals surface area contributed by atoms with Crippen LogP contribution in [0.3, 0.4) is 0 Å². The van der Waals surface area contributed by atoms with Gasteiger partial charge in [-0.15, -0.1) is 6.42 Å². The number of aliphatic hydroxyl groups excluding tert-OH is 2. The van der Waals surface area contributed by atoms with Gasteiger partial charge in [0, 0.05) is 18.2 Å². The topological polar surface area (TPSA) is 127 Å². The molecule has 0 bridgehead atoms. The smallest absolute Gasteiger partial charge is 0.404 e. The van der Waals surface area contributed by atoms with Gasteiger partial charge in [-0.25, -0.2) is 8.96 Å². The average Bonchev–Trinajstić information content (AvgIpc) is 3.01. The molecule has 30 heavy (non-hydrogen) atoms. The van der Waals surface area contributed by atoms with E-state index in [9.17, 15) is 19.6 Å². The van der Waals surface area contributed by atoms with Crippen LogP contribution >= 0.6 is 7.82 Å². The molecule has 3 N–H and O–H groups in total. The molecule has 0 aliphatic carbocycles. The number of phosphoric acid groups is 1. The summed E-state index contributed by atoms with van der Waals surface area (Å²) in [6.07, 6.45) is 1.32. The van der Waals surface area contributed by atoms with Gasteiger partial charge in [0.25, 0.3) is 5.91 Å². The predicted molar refractivity (Wildman–Crippen MR) is 97.7 cm³/mol. The van der Waals surface area contributed by atoms with Crippen molar-refractivity contribution in [2.45, 2.75) is 37.6 Å². The molecule has 4 rings (SSSR count). The maximum absolute atomic E-state index is 15.2. The number of amides is 1. The van der Waals surface area contributed by atoms with Crippen LogP contribution in [0.2, 0.25) is 0 Å².